The van der Waals surface area contributed by atoms with Crippen molar-refractivity contribution in [1.82, 2.24) is 0 Å². The largest absolute Gasteiger partial charge is 0.253 e. The van der Waals surface area contributed by atoms with Gasteiger partial charge in [0.25, 0.3) is 0 Å². The van der Waals surface area contributed by atoms with Crippen LogP contribution in [-0.4, -0.2) is 5.71 Å². The Morgan fingerprint density at radius 1 is 1.00 bits per heavy atom. The van der Waals surface area contributed by atoms with Gasteiger partial charge in [-0.25, -0.2) is 13.2 Å². The molecule has 2 aromatic rings. The summed E-state index contributed by atoms with van der Waals surface area (Å²) in [5.74, 6) is -2.81. The van der Waals surface area contributed by atoms with E-state index in [4.69, 9.17) is 0 Å². The number of benzene rings is 2. The highest BCUT2D eigenvalue weighted by atomic mass is 19.1. The summed E-state index contributed by atoms with van der Waals surface area (Å²) in [7, 11) is 0. The molecule has 0 aliphatic heterocycles. The number of rotatable bonds is 3. The number of halogens is 3. The zero-order valence-corrected chi connectivity index (χ0v) is 10.3. The van der Waals surface area contributed by atoms with Gasteiger partial charge in [0.15, 0.2) is 0 Å². The Bertz CT molecular complexity index is 583. The van der Waals surface area contributed by atoms with Gasteiger partial charge in [-0.3, -0.25) is 4.99 Å². The van der Waals surface area contributed by atoms with Gasteiger partial charge in [-0.2, -0.15) is 0 Å². The van der Waals surface area contributed by atoms with Crippen LogP contribution in [0.1, 0.15) is 18.9 Å². The molecule has 0 bridgehead atoms. The molecule has 0 radical (unpaired) electrons. The quantitative estimate of drug-likeness (QED) is 0.716. The van der Waals surface area contributed by atoms with Crippen LogP contribution in [0, 0.1) is 17.5 Å². The van der Waals surface area contributed by atoms with Crippen molar-refractivity contribution in [3.8, 4) is 0 Å². The van der Waals surface area contributed by atoms with Crippen molar-refractivity contribution in [1.29, 1.82) is 0 Å². The summed E-state index contributed by atoms with van der Waals surface area (Å²) >= 11 is 0. The Morgan fingerprint density at radius 2 is 1.58 bits per heavy atom. The molecular formula is C15H12F3N. The van der Waals surface area contributed by atoms with Gasteiger partial charge in [-0.15, -0.1) is 0 Å². The molecule has 0 saturated carbocycles. The third-order valence-electron chi connectivity index (χ3n) is 2.65. The van der Waals surface area contributed by atoms with Crippen molar-refractivity contribution in [2.45, 2.75) is 13.3 Å². The zero-order valence-electron chi connectivity index (χ0n) is 10.3. The SMILES string of the molecule is CC/C(=N/c1ccccc1)c1c(F)cc(F)cc1F. The van der Waals surface area contributed by atoms with E-state index in [0.717, 1.165) is 0 Å². The van der Waals surface area contributed by atoms with Gasteiger partial charge in [0, 0.05) is 12.1 Å². The van der Waals surface area contributed by atoms with Crippen LogP contribution in [0.5, 0.6) is 0 Å². The van der Waals surface area contributed by atoms with Gasteiger partial charge in [0.2, 0.25) is 0 Å². The highest BCUT2D eigenvalue weighted by Crippen LogP contribution is 2.20. The first-order valence-corrected chi connectivity index (χ1v) is 5.89. The second-order valence-corrected chi connectivity index (χ2v) is 3.99. The van der Waals surface area contributed by atoms with E-state index in [1.165, 1.54) is 0 Å². The van der Waals surface area contributed by atoms with Crippen LogP contribution in [0.15, 0.2) is 47.5 Å². The summed E-state index contributed by atoms with van der Waals surface area (Å²) in [6, 6.07) is 10.2. The second-order valence-electron chi connectivity index (χ2n) is 3.99. The summed E-state index contributed by atoms with van der Waals surface area (Å²) in [4.78, 5) is 4.21. The van der Waals surface area contributed by atoms with Crippen LogP contribution in [0.4, 0.5) is 18.9 Å². The average Bonchev–Trinajstić information content (AvgIpc) is 2.37. The van der Waals surface area contributed by atoms with Gasteiger partial charge >= 0.3 is 0 Å². The third kappa shape index (κ3) is 3.02. The summed E-state index contributed by atoms with van der Waals surface area (Å²) < 4.78 is 40.3. The van der Waals surface area contributed by atoms with Crippen molar-refractivity contribution in [3.05, 3.63) is 65.5 Å². The molecule has 0 aromatic heterocycles. The maximum absolute atomic E-state index is 13.7. The van der Waals surface area contributed by atoms with Crippen LogP contribution < -0.4 is 0 Å². The predicted octanol–water partition coefficient (Wildman–Crippen LogP) is 4.63. The van der Waals surface area contributed by atoms with Crippen molar-refractivity contribution in [3.63, 3.8) is 0 Å². The van der Waals surface area contributed by atoms with E-state index < -0.39 is 17.5 Å². The minimum Gasteiger partial charge on any atom is -0.253 e. The van der Waals surface area contributed by atoms with Gasteiger partial charge in [0.05, 0.1) is 17.0 Å². The number of hydrogen-bond acceptors (Lipinski definition) is 1. The van der Waals surface area contributed by atoms with Crippen molar-refractivity contribution >= 4 is 11.4 Å². The van der Waals surface area contributed by atoms with E-state index >= 15 is 0 Å². The monoisotopic (exact) mass is 263 g/mol. The van der Waals surface area contributed by atoms with Crippen molar-refractivity contribution in [2.75, 3.05) is 0 Å². The maximum atomic E-state index is 13.7. The Hall–Kier alpha value is -2.10. The molecule has 19 heavy (non-hydrogen) atoms. The summed E-state index contributed by atoms with van der Waals surface area (Å²) in [5.41, 5.74) is 0.580. The van der Waals surface area contributed by atoms with E-state index in [2.05, 4.69) is 4.99 Å². The van der Waals surface area contributed by atoms with E-state index in [-0.39, 0.29) is 11.3 Å². The summed E-state index contributed by atoms with van der Waals surface area (Å²) in [6.45, 7) is 1.74. The van der Waals surface area contributed by atoms with Crippen LogP contribution in [-0.2, 0) is 0 Å². The van der Waals surface area contributed by atoms with E-state index in [0.29, 0.717) is 24.2 Å². The average molecular weight is 263 g/mol. The number of hydrogen-bond donors (Lipinski definition) is 0. The smallest absolute Gasteiger partial charge is 0.138 e. The van der Waals surface area contributed by atoms with Crippen LogP contribution in [0.3, 0.4) is 0 Å². The molecule has 98 valence electrons. The Labute approximate surface area is 109 Å². The minimum atomic E-state index is -0.936. The number of para-hydroxylation sites is 1. The van der Waals surface area contributed by atoms with Gasteiger partial charge in [0.1, 0.15) is 17.5 Å². The Morgan fingerprint density at radius 3 is 2.11 bits per heavy atom. The lowest BCUT2D eigenvalue weighted by Crippen LogP contribution is -2.06. The lowest BCUT2D eigenvalue weighted by Gasteiger charge is -2.07. The summed E-state index contributed by atoms with van der Waals surface area (Å²) in [5, 5.41) is 0. The van der Waals surface area contributed by atoms with Crippen molar-refractivity contribution in [2.24, 2.45) is 4.99 Å². The fraction of sp³-hybridized carbons (Fsp3) is 0.133. The maximum Gasteiger partial charge on any atom is 0.138 e. The third-order valence-corrected chi connectivity index (χ3v) is 2.65. The normalized spacial score (nSPS) is 11.7. The standard InChI is InChI=1S/C15H12F3N/c1-2-14(19-11-6-4-3-5-7-11)15-12(17)8-10(16)9-13(15)18/h3-9H,2H2,1H3/b19-14-. The van der Waals surface area contributed by atoms with E-state index in [9.17, 15) is 13.2 Å². The molecule has 4 heteroatoms. The van der Waals surface area contributed by atoms with E-state index in [1.807, 2.05) is 6.07 Å². The molecule has 0 aliphatic carbocycles. The molecule has 0 N–H and O–H groups in total. The van der Waals surface area contributed by atoms with Gasteiger partial charge in [-0.1, -0.05) is 25.1 Å². The van der Waals surface area contributed by atoms with E-state index in [1.54, 1.807) is 31.2 Å². The fourth-order valence-corrected chi connectivity index (χ4v) is 1.79. The van der Waals surface area contributed by atoms with Crippen molar-refractivity contribution < 1.29 is 13.2 Å². The molecule has 0 spiro atoms. The molecule has 1 nitrogen and oxygen atoms in total. The molecule has 0 aliphatic rings. The Kier molecular flexibility index (Phi) is 4.00. The molecule has 0 unspecified atom stereocenters. The lowest BCUT2D eigenvalue weighted by atomic mass is 10.1. The molecule has 0 amide bonds. The molecule has 0 atom stereocenters. The Balaban J connectivity index is 2.52. The highest BCUT2D eigenvalue weighted by molar-refractivity contribution is 6.02. The molecule has 0 heterocycles. The van der Waals surface area contributed by atoms with Gasteiger partial charge in [-0.05, 0) is 18.6 Å². The van der Waals surface area contributed by atoms with Crippen LogP contribution in [0.2, 0.25) is 0 Å². The number of aliphatic imine (C=N–C) groups is 1. The first-order valence-electron chi connectivity index (χ1n) is 5.89. The van der Waals surface area contributed by atoms with Gasteiger partial charge < -0.3 is 0 Å². The topological polar surface area (TPSA) is 12.4 Å². The molecule has 2 aromatic carbocycles. The van der Waals surface area contributed by atoms with Crippen LogP contribution in [0.25, 0.3) is 0 Å². The molecular weight excluding hydrogens is 251 g/mol. The highest BCUT2D eigenvalue weighted by Gasteiger charge is 2.16. The fourth-order valence-electron chi connectivity index (χ4n) is 1.79. The lowest BCUT2D eigenvalue weighted by molar-refractivity contribution is 0.540. The molecule has 2 rings (SSSR count). The molecule has 0 saturated heterocycles. The van der Waals surface area contributed by atoms with Crippen LogP contribution >= 0.6 is 0 Å². The summed E-state index contributed by atoms with van der Waals surface area (Å²) in [6.07, 6.45) is 0.342. The first-order chi connectivity index (χ1) is 9.11. The first kappa shape index (κ1) is 13.3. The molecule has 0 fully saturated rings. The predicted molar refractivity (Wildman–Crippen MR) is 69.2 cm³/mol. The second kappa shape index (κ2) is 5.69. The zero-order chi connectivity index (χ0) is 13.8. The number of nitrogens with zero attached hydrogens (tertiary/aromatic N) is 1. The minimum absolute atomic E-state index is 0.251.